The van der Waals surface area contributed by atoms with E-state index < -0.39 is 0 Å². The first-order chi connectivity index (χ1) is 13.2. The Hall–Kier alpha value is -2.04. The monoisotopic (exact) mass is 396 g/mol. The molecule has 138 valence electrons. The van der Waals surface area contributed by atoms with Crippen molar-refractivity contribution in [2.45, 2.75) is 23.5 Å². The summed E-state index contributed by atoms with van der Waals surface area (Å²) in [6.45, 7) is 0. The van der Waals surface area contributed by atoms with Gasteiger partial charge in [-0.15, -0.1) is 11.8 Å². The second kappa shape index (κ2) is 8.32. The van der Waals surface area contributed by atoms with Gasteiger partial charge in [-0.3, -0.25) is 4.79 Å². The van der Waals surface area contributed by atoms with Crippen molar-refractivity contribution in [2.24, 2.45) is 22.9 Å². The van der Waals surface area contributed by atoms with E-state index in [2.05, 4.69) is 22.7 Å². The molecule has 3 nitrogen and oxygen atoms in total. The number of rotatable bonds is 6. The maximum atomic E-state index is 12.2. The Morgan fingerprint density at radius 1 is 1.11 bits per heavy atom. The fraction of sp³-hybridized carbons (Fsp3) is 0.273. The Morgan fingerprint density at radius 3 is 2.56 bits per heavy atom. The molecule has 2 aliphatic carbocycles. The normalized spacial score (nSPS) is 23.2. The molecule has 2 aliphatic rings. The van der Waals surface area contributed by atoms with Gasteiger partial charge in [0.2, 0.25) is 0 Å². The van der Waals surface area contributed by atoms with Crippen LogP contribution in [0.1, 0.15) is 28.8 Å². The molecule has 2 aromatic rings. The van der Waals surface area contributed by atoms with Gasteiger partial charge in [-0.1, -0.05) is 35.9 Å². The molecule has 0 aromatic heterocycles. The second-order valence-corrected chi connectivity index (χ2v) is 8.59. The van der Waals surface area contributed by atoms with Crippen molar-refractivity contribution in [1.29, 1.82) is 0 Å². The number of amides is 1. The summed E-state index contributed by atoms with van der Waals surface area (Å²) < 4.78 is 0. The molecule has 0 saturated heterocycles. The van der Waals surface area contributed by atoms with Crippen molar-refractivity contribution in [3.05, 3.63) is 76.8 Å². The fourth-order valence-electron chi connectivity index (χ4n) is 3.70. The number of allylic oxidation sites excluding steroid dienone is 2. The first-order valence-corrected chi connectivity index (χ1v) is 10.5. The topological polar surface area (TPSA) is 41.5 Å². The quantitative estimate of drug-likeness (QED) is 0.300. The third kappa shape index (κ3) is 4.63. The number of hydrogen-bond acceptors (Lipinski definition) is 3. The number of carbonyl (C=O) groups excluding carboxylic acids is 1. The van der Waals surface area contributed by atoms with E-state index in [1.165, 1.54) is 16.9 Å². The zero-order chi connectivity index (χ0) is 18.6. The summed E-state index contributed by atoms with van der Waals surface area (Å²) in [6, 6.07) is 15.5. The number of benzene rings is 2. The predicted octanol–water partition coefficient (Wildman–Crippen LogP) is 5.56. The van der Waals surface area contributed by atoms with Gasteiger partial charge in [0.1, 0.15) is 0 Å². The van der Waals surface area contributed by atoms with E-state index in [4.69, 9.17) is 11.6 Å². The molecule has 0 spiro atoms. The largest absolute Gasteiger partial charge is 0.271 e. The number of thioether (sulfide) groups is 1. The Balaban J connectivity index is 1.27. The van der Waals surface area contributed by atoms with E-state index >= 15 is 0 Å². The SMILES string of the molecule is O=C(N/N=C\[C@@H]1C[C@@H]2C=C[C@H]1C2)c1ccc(CSc2ccc(Cl)cc2)cc1. The van der Waals surface area contributed by atoms with Crippen LogP contribution in [0.25, 0.3) is 0 Å². The number of halogens is 1. The zero-order valence-electron chi connectivity index (χ0n) is 14.8. The second-order valence-electron chi connectivity index (χ2n) is 7.10. The van der Waals surface area contributed by atoms with Crippen molar-refractivity contribution < 1.29 is 4.79 Å². The van der Waals surface area contributed by atoms with Crippen LogP contribution in [0.15, 0.2) is 70.7 Å². The first kappa shape index (κ1) is 18.3. The maximum Gasteiger partial charge on any atom is 0.271 e. The van der Waals surface area contributed by atoms with E-state index in [0.29, 0.717) is 23.3 Å². The Labute approximate surface area is 168 Å². The minimum Gasteiger partial charge on any atom is -0.267 e. The minimum atomic E-state index is -0.165. The number of hydrazone groups is 1. The van der Waals surface area contributed by atoms with Gasteiger partial charge in [0, 0.05) is 33.4 Å². The first-order valence-electron chi connectivity index (χ1n) is 9.16. The van der Waals surface area contributed by atoms with Crippen molar-refractivity contribution in [3.8, 4) is 0 Å². The van der Waals surface area contributed by atoms with Gasteiger partial charge < -0.3 is 0 Å². The molecular weight excluding hydrogens is 376 g/mol. The van der Waals surface area contributed by atoms with Crippen LogP contribution in [0, 0.1) is 17.8 Å². The molecule has 1 saturated carbocycles. The lowest BCUT2D eigenvalue weighted by atomic mass is 9.95. The van der Waals surface area contributed by atoms with E-state index in [-0.39, 0.29) is 5.91 Å². The molecule has 5 heteroatoms. The molecule has 27 heavy (non-hydrogen) atoms. The molecule has 1 N–H and O–H groups in total. The molecule has 1 amide bonds. The van der Waals surface area contributed by atoms with E-state index in [1.54, 1.807) is 11.8 Å². The van der Waals surface area contributed by atoms with Gasteiger partial charge in [-0.25, -0.2) is 5.43 Å². The smallest absolute Gasteiger partial charge is 0.267 e. The van der Waals surface area contributed by atoms with Gasteiger partial charge in [0.15, 0.2) is 0 Å². The van der Waals surface area contributed by atoms with Crippen LogP contribution in [0.3, 0.4) is 0 Å². The highest BCUT2D eigenvalue weighted by atomic mass is 35.5. The van der Waals surface area contributed by atoms with Gasteiger partial charge >= 0.3 is 0 Å². The summed E-state index contributed by atoms with van der Waals surface area (Å²) in [5.41, 5.74) is 4.45. The van der Waals surface area contributed by atoms with Gasteiger partial charge in [-0.2, -0.15) is 5.10 Å². The Bertz CT molecular complexity index is 861. The molecule has 4 rings (SSSR count). The third-order valence-corrected chi connectivity index (χ3v) is 6.53. The molecule has 0 aliphatic heterocycles. The van der Waals surface area contributed by atoms with Crippen LogP contribution in [0.5, 0.6) is 0 Å². The average Bonchev–Trinajstić information content (AvgIpc) is 3.31. The van der Waals surface area contributed by atoms with Crippen molar-refractivity contribution >= 4 is 35.5 Å². The van der Waals surface area contributed by atoms with Crippen LogP contribution in [0.4, 0.5) is 0 Å². The molecule has 0 heterocycles. The molecule has 2 aromatic carbocycles. The zero-order valence-corrected chi connectivity index (χ0v) is 16.4. The van der Waals surface area contributed by atoms with Gasteiger partial charge in [0.25, 0.3) is 5.91 Å². The number of hydrogen-bond donors (Lipinski definition) is 1. The van der Waals surface area contributed by atoms with Crippen molar-refractivity contribution in [2.75, 3.05) is 0 Å². The number of fused-ring (bicyclic) bond motifs is 2. The van der Waals surface area contributed by atoms with E-state index in [1.807, 2.05) is 54.7 Å². The van der Waals surface area contributed by atoms with Gasteiger partial charge in [-0.05, 0) is 66.6 Å². The average molecular weight is 397 g/mol. The van der Waals surface area contributed by atoms with Crippen LogP contribution < -0.4 is 5.43 Å². The lowest BCUT2D eigenvalue weighted by Gasteiger charge is -2.11. The highest BCUT2D eigenvalue weighted by molar-refractivity contribution is 7.98. The summed E-state index contributed by atoms with van der Waals surface area (Å²) >= 11 is 7.65. The summed E-state index contributed by atoms with van der Waals surface area (Å²) in [7, 11) is 0. The predicted molar refractivity (Wildman–Crippen MR) is 112 cm³/mol. The van der Waals surface area contributed by atoms with Crippen LogP contribution in [0.2, 0.25) is 5.02 Å². The maximum absolute atomic E-state index is 12.2. The third-order valence-electron chi connectivity index (χ3n) is 5.20. The minimum absolute atomic E-state index is 0.165. The van der Waals surface area contributed by atoms with Crippen LogP contribution in [-0.2, 0) is 5.75 Å². The van der Waals surface area contributed by atoms with Crippen LogP contribution in [-0.4, -0.2) is 12.1 Å². The standard InChI is InChI=1S/C22H21ClN2OS/c23-20-7-9-21(10-8-20)27-14-15-1-4-17(5-2-15)22(26)25-24-13-19-12-16-3-6-18(19)11-16/h1-10,13,16,18-19H,11-12,14H2,(H,25,26)/b24-13-/t16-,18+,19+/m1/s1. The fourth-order valence-corrected chi connectivity index (χ4v) is 4.68. The molecule has 2 bridgehead atoms. The highest BCUT2D eigenvalue weighted by Gasteiger charge is 2.34. The molecule has 0 unspecified atom stereocenters. The number of nitrogens with one attached hydrogen (secondary N) is 1. The molecule has 1 fully saturated rings. The Kier molecular flexibility index (Phi) is 5.65. The van der Waals surface area contributed by atoms with Crippen molar-refractivity contribution in [3.63, 3.8) is 0 Å². The molecular formula is C22H21ClN2OS. The lowest BCUT2D eigenvalue weighted by molar-refractivity contribution is 0.0955. The lowest BCUT2D eigenvalue weighted by Crippen LogP contribution is -2.19. The molecule has 3 atom stereocenters. The van der Waals surface area contributed by atoms with Crippen LogP contribution >= 0.6 is 23.4 Å². The van der Waals surface area contributed by atoms with Gasteiger partial charge in [0.05, 0.1) is 0 Å². The highest BCUT2D eigenvalue weighted by Crippen LogP contribution is 2.42. The summed E-state index contributed by atoms with van der Waals surface area (Å²) in [5.74, 6) is 2.46. The Morgan fingerprint density at radius 2 is 1.89 bits per heavy atom. The van der Waals surface area contributed by atoms with E-state index in [0.717, 1.165) is 17.2 Å². The summed E-state index contributed by atoms with van der Waals surface area (Å²) in [4.78, 5) is 13.4. The van der Waals surface area contributed by atoms with Crippen molar-refractivity contribution in [1.82, 2.24) is 5.43 Å². The molecule has 0 radical (unpaired) electrons. The number of nitrogens with zero attached hydrogens (tertiary/aromatic N) is 1. The number of carbonyl (C=O) groups is 1. The summed E-state index contributed by atoms with van der Waals surface area (Å²) in [6.07, 6.45) is 8.89. The summed E-state index contributed by atoms with van der Waals surface area (Å²) in [5, 5.41) is 4.93. The van der Waals surface area contributed by atoms with E-state index in [9.17, 15) is 4.79 Å².